The van der Waals surface area contributed by atoms with Gasteiger partial charge in [-0.2, -0.15) is 5.10 Å². The quantitative estimate of drug-likeness (QED) is 0.292. The summed E-state index contributed by atoms with van der Waals surface area (Å²) in [6.45, 7) is 3.24. The molecule has 9 nitrogen and oxygen atoms in total. The number of pyridine rings is 1. The smallest absolute Gasteiger partial charge is 0.211 e. The average Bonchev–Trinajstić information content (AvgIpc) is 3.24. The van der Waals surface area contributed by atoms with E-state index in [1.165, 1.54) is 35.9 Å². The summed E-state index contributed by atoms with van der Waals surface area (Å²) in [5.74, 6) is -0.700. The first-order chi connectivity index (χ1) is 19.4. The van der Waals surface area contributed by atoms with E-state index in [-0.39, 0.29) is 16.7 Å². The fraction of sp³-hybridized carbons (Fsp3) is 0.333. The van der Waals surface area contributed by atoms with Crippen LogP contribution in [0, 0.1) is 17.0 Å². The molecule has 2 saturated heterocycles. The maximum atomic E-state index is 15.3. The van der Waals surface area contributed by atoms with E-state index >= 15 is 8.78 Å². The summed E-state index contributed by atoms with van der Waals surface area (Å²) < 4.78 is 67.2. The number of nitrogens with one attached hydrogen (secondary N) is 1. The van der Waals surface area contributed by atoms with Crippen LogP contribution in [0.2, 0.25) is 10.0 Å². The van der Waals surface area contributed by atoms with Gasteiger partial charge in [-0.25, -0.2) is 21.5 Å². The fourth-order valence-corrected chi connectivity index (χ4v) is 7.31. The summed E-state index contributed by atoms with van der Waals surface area (Å²) in [5, 5.41) is 8.46. The second kappa shape index (κ2) is 9.97. The standard InChI is InChI=1S/C27H25Cl2F2N5O4S/c1-14(24-17(28)8-32-9-18(24)29)40-23-6-16-21(7-22(23)39-2)33-34-25(16)15-4-19(30)26(20(31)5-15)35-10-27(11-35)12-36(13-27)41(3,37)38/h4-9,14H,10-13H2,1-3H3,(H,33,34). The van der Waals surface area contributed by atoms with Gasteiger partial charge in [-0.15, -0.1) is 0 Å². The highest BCUT2D eigenvalue weighted by molar-refractivity contribution is 7.88. The number of benzene rings is 2. The minimum Gasteiger partial charge on any atom is -0.493 e. The van der Waals surface area contributed by atoms with Gasteiger partial charge >= 0.3 is 0 Å². The van der Waals surface area contributed by atoms with E-state index < -0.39 is 27.8 Å². The van der Waals surface area contributed by atoms with E-state index in [1.807, 2.05) is 0 Å². The molecule has 4 heterocycles. The molecule has 2 fully saturated rings. The lowest BCUT2D eigenvalue weighted by Crippen LogP contribution is -2.73. The van der Waals surface area contributed by atoms with Crippen molar-refractivity contribution in [2.75, 3.05) is 44.4 Å². The first-order valence-corrected chi connectivity index (χ1v) is 15.2. The van der Waals surface area contributed by atoms with Crippen molar-refractivity contribution < 1.29 is 26.7 Å². The lowest BCUT2D eigenvalue weighted by molar-refractivity contribution is 0.0391. The molecular formula is C27H25Cl2F2N5O4S. The molecule has 1 N–H and O–H groups in total. The van der Waals surface area contributed by atoms with Crippen LogP contribution in [0.3, 0.4) is 0 Å². The van der Waals surface area contributed by atoms with Crippen molar-refractivity contribution in [1.82, 2.24) is 19.5 Å². The predicted octanol–water partition coefficient (Wildman–Crippen LogP) is 5.44. The molecule has 0 aliphatic carbocycles. The summed E-state index contributed by atoms with van der Waals surface area (Å²) >= 11 is 12.6. The molecule has 14 heteroatoms. The fourth-order valence-electron chi connectivity index (χ4n) is 5.62. The number of nitrogens with zero attached hydrogens (tertiary/aromatic N) is 4. The molecule has 6 rings (SSSR count). The highest BCUT2D eigenvalue weighted by Crippen LogP contribution is 2.45. The summed E-state index contributed by atoms with van der Waals surface area (Å²) in [4.78, 5) is 5.57. The normalized spacial score (nSPS) is 17.4. The van der Waals surface area contributed by atoms with E-state index in [0.29, 0.717) is 69.9 Å². The number of rotatable bonds is 7. The maximum Gasteiger partial charge on any atom is 0.211 e. The van der Waals surface area contributed by atoms with Crippen LogP contribution in [-0.2, 0) is 10.0 Å². The number of anilines is 1. The van der Waals surface area contributed by atoms with Gasteiger partial charge in [-0.05, 0) is 25.1 Å². The number of ether oxygens (including phenoxy) is 2. The minimum atomic E-state index is -3.27. The number of halogens is 4. The highest BCUT2D eigenvalue weighted by Gasteiger charge is 2.55. The Morgan fingerprint density at radius 1 is 1.02 bits per heavy atom. The zero-order valence-electron chi connectivity index (χ0n) is 22.2. The van der Waals surface area contributed by atoms with Gasteiger partial charge in [-0.3, -0.25) is 10.1 Å². The van der Waals surface area contributed by atoms with Crippen molar-refractivity contribution in [1.29, 1.82) is 0 Å². The molecule has 2 aromatic heterocycles. The summed E-state index contributed by atoms with van der Waals surface area (Å²) in [5.41, 5.74) is 1.29. The molecule has 0 saturated carbocycles. The van der Waals surface area contributed by atoms with Crippen molar-refractivity contribution >= 4 is 49.8 Å². The van der Waals surface area contributed by atoms with Gasteiger partial charge in [0.2, 0.25) is 10.0 Å². The van der Waals surface area contributed by atoms with Crippen LogP contribution >= 0.6 is 23.2 Å². The van der Waals surface area contributed by atoms with Crippen molar-refractivity contribution in [3.63, 3.8) is 0 Å². The molecule has 1 unspecified atom stereocenters. The first kappa shape index (κ1) is 28.0. The molecule has 2 aliphatic rings. The number of H-pyrrole nitrogens is 1. The summed E-state index contributed by atoms with van der Waals surface area (Å²) in [6.07, 6.45) is 3.53. The predicted molar refractivity (Wildman–Crippen MR) is 152 cm³/mol. The Balaban J connectivity index is 1.28. The van der Waals surface area contributed by atoms with E-state index in [1.54, 1.807) is 24.0 Å². The molecule has 2 aromatic carbocycles. The third-order valence-electron chi connectivity index (χ3n) is 7.60. The number of aromatic nitrogens is 3. The third kappa shape index (κ3) is 4.86. The average molecular weight is 624 g/mol. The topological polar surface area (TPSA) is 101 Å². The molecular weight excluding hydrogens is 599 g/mol. The molecule has 0 bridgehead atoms. The van der Waals surface area contributed by atoms with E-state index in [0.717, 1.165) is 6.26 Å². The molecule has 2 aliphatic heterocycles. The molecule has 41 heavy (non-hydrogen) atoms. The monoisotopic (exact) mass is 623 g/mol. The zero-order chi connectivity index (χ0) is 29.3. The highest BCUT2D eigenvalue weighted by atomic mass is 35.5. The van der Waals surface area contributed by atoms with Crippen molar-refractivity contribution in [2.24, 2.45) is 5.41 Å². The van der Waals surface area contributed by atoms with Crippen LogP contribution < -0.4 is 14.4 Å². The second-order valence-corrected chi connectivity index (χ2v) is 13.4. The molecule has 1 spiro atoms. The van der Waals surface area contributed by atoms with E-state index in [4.69, 9.17) is 32.7 Å². The number of sulfonamides is 1. The van der Waals surface area contributed by atoms with Crippen molar-refractivity contribution in [2.45, 2.75) is 13.0 Å². The van der Waals surface area contributed by atoms with Crippen LogP contribution in [0.15, 0.2) is 36.7 Å². The first-order valence-electron chi connectivity index (χ1n) is 12.6. The third-order valence-corrected chi connectivity index (χ3v) is 9.40. The van der Waals surface area contributed by atoms with Crippen LogP contribution in [0.5, 0.6) is 11.5 Å². The second-order valence-electron chi connectivity index (χ2n) is 10.6. The van der Waals surface area contributed by atoms with Crippen molar-refractivity contribution in [3.05, 3.63) is 63.9 Å². The number of hydrogen-bond acceptors (Lipinski definition) is 7. The van der Waals surface area contributed by atoms with Gasteiger partial charge in [0.25, 0.3) is 0 Å². The molecule has 0 amide bonds. The molecule has 1 atom stereocenters. The SMILES string of the molecule is COc1cc2[nH]nc(-c3cc(F)c(N4CC5(C4)CN(S(C)(=O)=O)C5)c(F)c3)c2cc1OC(C)c1c(Cl)cncc1Cl. The Labute approximate surface area is 245 Å². The number of hydrogen-bond donors (Lipinski definition) is 1. The Bertz CT molecular complexity index is 1740. The van der Waals surface area contributed by atoms with Crippen LogP contribution in [-0.4, -0.2) is 67.4 Å². The molecule has 4 aromatic rings. The minimum absolute atomic E-state index is 0.136. The van der Waals surface area contributed by atoms with E-state index in [9.17, 15) is 8.42 Å². The Morgan fingerprint density at radius 2 is 1.66 bits per heavy atom. The van der Waals surface area contributed by atoms with Gasteiger partial charge in [0.1, 0.15) is 29.1 Å². The van der Waals surface area contributed by atoms with Gasteiger partial charge in [0, 0.05) is 66.6 Å². The number of fused-ring (bicyclic) bond motifs is 1. The molecule has 0 radical (unpaired) electrons. The van der Waals surface area contributed by atoms with Gasteiger partial charge in [-0.1, -0.05) is 23.2 Å². The Hall–Kier alpha value is -3.19. The summed E-state index contributed by atoms with van der Waals surface area (Å²) in [6, 6.07) is 5.85. The van der Waals surface area contributed by atoms with E-state index in [2.05, 4.69) is 15.2 Å². The van der Waals surface area contributed by atoms with Gasteiger partial charge < -0.3 is 14.4 Å². The Kier molecular flexibility index (Phi) is 6.80. The van der Waals surface area contributed by atoms with Crippen LogP contribution in [0.1, 0.15) is 18.6 Å². The lowest BCUT2D eigenvalue weighted by atomic mass is 9.74. The maximum absolute atomic E-state index is 15.3. The zero-order valence-corrected chi connectivity index (χ0v) is 24.5. The largest absolute Gasteiger partial charge is 0.493 e. The van der Waals surface area contributed by atoms with Gasteiger partial charge in [0.15, 0.2) is 11.5 Å². The lowest BCUT2D eigenvalue weighted by Gasteiger charge is -2.60. The van der Waals surface area contributed by atoms with Crippen LogP contribution in [0.25, 0.3) is 22.2 Å². The Morgan fingerprint density at radius 3 is 2.24 bits per heavy atom. The molecule has 216 valence electrons. The number of aromatic amines is 1. The number of methoxy groups -OCH3 is 1. The van der Waals surface area contributed by atoms with Crippen LogP contribution in [0.4, 0.5) is 14.5 Å². The summed E-state index contributed by atoms with van der Waals surface area (Å²) in [7, 11) is -1.77. The van der Waals surface area contributed by atoms with Crippen molar-refractivity contribution in [3.8, 4) is 22.8 Å². The van der Waals surface area contributed by atoms with Gasteiger partial charge in [0.05, 0.1) is 28.9 Å².